The molecule has 1 saturated carbocycles. The van der Waals surface area contributed by atoms with Gasteiger partial charge in [-0.2, -0.15) is 0 Å². The van der Waals surface area contributed by atoms with Gasteiger partial charge in [-0.15, -0.1) is 0 Å². The fraction of sp³-hybridized carbons (Fsp3) is 0.625. The monoisotopic (exact) mass is 424 g/mol. The van der Waals surface area contributed by atoms with E-state index >= 15 is 0 Å². The molecule has 1 saturated heterocycles. The van der Waals surface area contributed by atoms with Gasteiger partial charge in [0.2, 0.25) is 5.91 Å². The van der Waals surface area contributed by atoms with E-state index in [2.05, 4.69) is 17.2 Å². The minimum absolute atomic E-state index is 0.0272. The van der Waals surface area contributed by atoms with Gasteiger partial charge >= 0.3 is 0 Å². The average molecular weight is 425 g/mol. The Morgan fingerprint density at radius 3 is 2.81 bits per heavy atom. The van der Waals surface area contributed by atoms with Crippen LogP contribution in [0.15, 0.2) is 24.3 Å². The van der Waals surface area contributed by atoms with Gasteiger partial charge in [-0.3, -0.25) is 9.59 Å². The van der Waals surface area contributed by atoms with Crippen molar-refractivity contribution in [2.24, 2.45) is 5.92 Å². The first kappa shape index (κ1) is 20.5. The Balaban J connectivity index is 1.51. The largest absolute Gasteiger partial charge is 0.376 e. The molecule has 0 radical (unpaired) electrons. The van der Waals surface area contributed by atoms with Crippen LogP contribution in [0.3, 0.4) is 0 Å². The summed E-state index contributed by atoms with van der Waals surface area (Å²) in [6, 6.07) is 7.92. The Bertz CT molecular complexity index is 996. The zero-order valence-corrected chi connectivity index (χ0v) is 18.5. The lowest BCUT2D eigenvalue weighted by atomic mass is 9.85. The van der Waals surface area contributed by atoms with Crippen LogP contribution in [0.4, 0.5) is 0 Å². The van der Waals surface area contributed by atoms with Crippen LogP contribution in [0.25, 0.3) is 11.0 Å². The number of fused-ring (bicyclic) bond motifs is 3. The van der Waals surface area contributed by atoms with Crippen molar-refractivity contribution in [2.75, 3.05) is 13.2 Å². The van der Waals surface area contributed by atoms with E-state index in [0.29, 0.717) is 31.4 Å². The number of aromatic nitrogens is 2. The summed E-state index contributed by atoms with van der Waals surface area (Å²) in [5.74, 6) is 0.612. The molecule has 4 unspecified atom stereocenters. The molecule has 5 rings (SSSR count). The minimum atomic E-state index is -0.989. The molecule has 1 aromatic heterocycles. The van der Waals surface area contributed by atoms with Crippen molar-refractivity contribution in [3.63, 3.8) is 0 Å². The van der Waals surface area contributed by atoms with Crippen molar-refractivity contribution in [1.29, 1.82) is 0 Å². The van der Waals surface area contributed by atoms with E-state index in [0.717, 1.165) is 43.1 Å². The van der Waals surface area contributed by atoms with Crippen molar-refractivity contribution in [3.8, 4) is 0 Å². The summed E-state index contributed by atoms with van der Waals surface area (Å²) in [5, 5.41) is 3.32. The summed E-state index contributed by atoms with van der Waals surface area (Å²) in [6.45, 7) is 5.65. The fourth-order valence-corrected chi connectivity index (χ4v) is 5.46. The fourth-order valence-electron chi connectivity index (χ4n) is 5.46. The van der Waals surface area contributed by atoms with Crippen molar-refractivity contribution in [3.05, 3.63) is 30.1 Å². The third kappa shape index (κ3) is 3.53. The molecule has 31 heavy (non-hydrogen) atoms. The van der Waals surface area contributed by atoms with Crippen molar-refractivity contribution < 1.29 is 14.3 Å². The highest BCUT2D eigenvalue weighted by Crippen LogP contribution is 2.33. The van der Waals surface area contributed by atoms with E-state index in [1.54, 1.807) is 4.90 Å². The molecular weight excluding hydrogens is 392 g/mol. The molecule has 2 fully saturated rings. The smallest absolute Gasteiger partial charge is 0.290 e. The molecule has 3 aliphatic rings. The quantitative estimate of drug-likeness (QED) is 0.818. The van der Waals surface area contributed by atoms with Gasteiger partial charge in [-0.1, -0.05) is 31.9 Å². The van der Waals surface area contributed by atoms with Gasteiger partial charge in [0.15, 0.2) is 5.82 Å². The lowest BCUT2D eigenvalue weighted by molar-refractivity contribution is -0.135. The van der Waals surface area contributed by atoms with Crippen molar-refractivity contribution in [1.82, 2.24) is 19.8 Å². The van der Waals surface area contributed by atoms with Crippen LogP contribution in [0.1, 0.15) is 63.0 Å². The van der Waals surface area contributed by atoms with Gasteiger partial charge in [0.05, 0.1) is 23.7 Å². The number of benzene rings is 1. The number of imidazole rings is 1. The van der Waals surface area contributed by atoms with E-state index in [1.807, 2.05) is 35.8 Å². The number of hydrogen-bond donors (Lipinski definition) is 1. The van der Waals surface area contributed by atoms with E-state index in [4.69, 9.17) is 4.74 Å². The van der Waals surface area contributed by atoms with E-state index in [9.17, 15) is 9.59 Å². The Labute approximate surface area is 183 Å². The Morgan fingerprint density at radius 2 is 2.03 bits per heavy atom. The third-order valence-electron chi connectivity index (χ3n) is 7.48. The second kappa shape index (κ2) is 7.93. The summed E-state index contributed by atoms with van der Waals surface area (Å²) in [6.07, 6.45) is 6.38. The number of carbonyl (C=O) groups is 2. The number of amides is 2. The van der Waals surface area contributed by atoms with Crippen molar-refractivity contribution in [2.45, 2.75) is 76.6 Å². The van der Waals surface area contributed by atoms with Crippen LogP contribution in [-0.4, -0.2) is 57.1 Å². The summed E-state index contributed by atoms with van der Waals surface area (Å²) >= 11 is 0. The molecule has 2 amide bonds. The van der Waals surface area contributed by atoms with Gasteiger partial charge in [0.25, 0.3) is 5.91 Å². The molecular formula is C24H32N4O3. The van der Waals surface area contributed by atoms with Gasteiger partial charge in [-0.05, 0) is 50.7 Å². The lowest BCUT2D eigenvalue weighted by Gasteiger charge is -2.45. The van der Waals surface area contributed by atoms with E-state index in [1.165, 1.54) is 6.42 Å². The third-order valence-corrected chi connectivity index (χ3v) is 7.48. The first-order chi connectivity index (χ1) is 15.0. The molecule has 1 aromatic carbocycles. The summed E-state index contributed by atoms with van der Waals surface area (Å²) in [7, 11) is 0. The number of carbonyl (C=O) groups excluding carboxylic acids is 2. The Kier molecular flexibility index (Phi) is 5.24. The van der Waals surface area contributed by atoms with Gasteiger partial charge in [0, 0.05) is 19.2 Å². The van der Waals surface area contributed by atoms with Crippen LogP contribution in [-0.2, 0) is 16.1 Å². The zero-order chi connectivity index (χ0) is 21.6. The second-order valence-corrected chi connectivity index (χ2v) is 9.68. The maximum absolute atomic E-state index is 13.8. The van der Waals surface area contributed by atoms with Crippen LogP contribution < -0.4 is 5.32 Å². The van der Waals surface area contributed by atoms with Crippen molar-refractivity contribution >= 4 is 22.8 Å². The highest BCUT2D eigenvalue weighted by atomic mass is 16.5. The lowest BCUT2D eigenvalue weighted by Crippen LogP contribution is -2.66. The number of hydrogen-bond acceptors (Lipinski definition) is 4. The number of nitrogens with zero attached hydrogens (tertiary/aromatic N) is 3. The molecule has 166 valence electrons. The molecule has 7 nitrogen and oxygen atoms in total. The Morgan fingerprint density at radius 1 is 1.23 bits per heavy atom. The normalized spacial score (nSPS) is 31.1. The molecule has 7 heteroatoms. The number of para-hydroxylation sites is 2. The first-order valence-electron chi connectivity index (χ1n) is 11.7. The molecule has 2 aliphatic heterocycles. The first-order valence-corrected chi connectivity index (χ1v) is 11.7. The molecule has 4 atom stereocenters. The van der Waals surface area contributed by atoms with Gasteiger partial charge < -0.3 is 19.5 Å². The minimum Gasteiger partial charge on any atom is -0.376 e. The van der Waals surface area contributed by atoms with Crippen LogP contribution in [0.2, 0.25) is 0 Å². The maximum atomic E-state index is 13.8. The maximum Gasteiger partial charge on any atom is 0.290 e. The highest BCUT2D eigenvalue weighted by molar-refractivity contribution is 6.01. The van der Waals surface area contributed by atoms with Crippen LogP contribution in [0.5, 0.6) is 0 Å². The van der Waals surface area contributed by atoms with E-state index < -0.39 is 5.54 Å². The predicted molar refractivity (Wildman–Crippen MR) is 118 cm³/mol. The SMILES string of the molecule is CC1CCCCC1NC(=O)C1(C)Cn2c(nc3ccccc32)C(=O)N1CC1CCCO1. The number of rotatable bonds is 4. The summed E-state index contributed by atoms with van der Waals surface area (Å²) in [4.78, 5) is 33.7. The molecule has 1 N–H and O–H groups in total. The predicted octanol–water partition coefficient (Wildman–Crippen LogP) is 3.12. The van der Waals surface area contributed by atoms with Crippen LogP contribution >= 0.6 is 0 Å². The van der Waals surface area contributed by atoms with E-state index in [-0.39, 0.29) is 24.0 Å². The second-order valence-electron chi connectivity index (χ2n) is 9.68. The molecule has 0 bridgehead atoms. The average Bonchev–Trinajstić information content (AvgIpc) is 3.41. The van der Waals surface area contributed by atoms with Gasteiger partial charge in [0.1, 0.15) is 5.54 Å². The number of ether oxygens (including phenoxy) is 1. The van der Waals surface area contributed by atoms with Crippen LogP contribution in [0, 0.1) is 5.92 Å². The number of nitrogens with one attached hydrogen (secondary N) is 1. The molecule has 3 heterocycles. The summed E-state index contributed by atoms with van der Waals surface area (Å²) in [5.41, 5.74) is 0.692. The Hall–Kier alpha value is -2.41. The summed E-state index contributed by atoms with van der Waals surface area (Å²) < 4.78 is 7.76. The zero-order valence-electron chi connectivity index (χ0n) is 18.5. The topological polar surface area (TPSA) is 76.5 Å². The van der Waals surface area contributed by atoms with Gasteiger partial charge in [-0.25, -0.2) is 4.98 Å². The standard InChI is InChI=1S/C24H32N4O3/c1-16-8-3-4-10-18(16)26-23(30)24(2)15-27-20-12-6-5-11-19(20)25-21(27)22(29)28(24)14-17-9-7-13-31-17/h5-6,11-12,16-18H,3-4,7-10,13-15H2,1-2H3,(H,26,30). The molecule has 2 aromatic rings. The molecule has 1 aliphatic carbocycles. The molecule has 0 spiro atoms. The highest BCUT2D eigenvalue weighted by Gasteiger charge is 2.49.